The molecule has 2 rings (SSSR count). The van der Waals surface area contributed by atoms with Crippen LogP contribution in [0, 0.1) is 0 Å². The lowest BCUT2D eigenvalue weighted by molar-refractivity contribution is -0.123. The fourth-order valence-corrected chi connectivity index (χ4v) is 1.77. The maximum absolute atomic E-state index is 11.3. The van der Waals surface area contributed by atoms with Gasteiger partial charge in [0.15, 0.2) is 6.61 Å². The zero-order valence-electron chi connectivity index (χ0n) is 11.1. The fraction of sp³-hybridized carbons (Fsp3) is 0.188. The molecule has 2 aromatic carbocycles. The van der Waals surface area contributed by atoms with E-state index in [1.807, 2.05) is 54.6 Å². The van der Waals surface area contributed by atoms with Gasteiger partial charge in [0.2, 0.25) is 0 Å². The molecule has 4 nitrogen and oxygen atoms in total. The van der Waals surface area contributed by atoms with E-state index >= 15 is 0 Å². The zero-order valence-corrected chi connectivity index (χ0v) is 11.1. The number of nitrogens with one attached hydrogen (secondary N) is 1. The Balaban J connectivity index is 1.90. The van der Waals surface area contributed by atoms with Gasteiger partial charge in [-0.15, -0.1) is 0 Å². The van der Waals surface area contributed by atoms with Crippen molar-refractivity contribution in [3.63, 3.8) is 0 Å². The van der Waals surface area contributed by atoms with Gasteiger partial charge in [0.1, 0.15) is 5.75 Å². The summed E-state index contributed by atoms with van der Waals surface area (Å²) in [7, 11) is 0. The highest BCUT2D eigenvalue weighted by atomic mass is 16.5. The second kappa shape index (κ2) is 7.31. The molecule has 0 aromatic heterocycles. The number of rotatable bonds is 6. The lowest BCUT2D eigenvalue weighted by Gasteiger charge is -2.07. The highest BCUT2D eigenvalue weighted by molar-refractivity contribution is 5.77. The summed E-state index contributed by atoms with van der Waals surface area (Å²) in [6, 6.07) is 17.6. The number of hydrogen-bond donors (Lipinski definition) is 2. The highest BCUT2D eigenvalue weighted by Gasteiger charge is 2.02. The van der Waals surface area contributed by atoms with E-state index in [0.29, 0.717) is 5.75 Å². The second-order valence-corrected chi connectivity index (χ2v) is 4.25. The van der Waals surface area contributed by atoms with Crippen LogP contribution in [0.15, 0.2) is 54.6 Å². The van der Waals surface area contributed by atoms with Crippen LogP contribution in [-0.4, -0.2) is 30.8 Å². The standard InChI is InChI=1S/C16H17NO3/c18-11-10-17-16(19)12-20-15-8-6-14(7-9-15)13-4-2-1-3-5-13/h1-9,18H,10-12H2,(H,17,19). The van der Waals surface area contributed by atoms with Crippen LogP contribution < -0.4 is 10.1 Å². The number of ether oxygens (including phenoxy) is 1. The molecule has 0 atom stereocenters. The molecule has 0 spiro atoms. The summed E-state index contributed by atoms with van der Waals surface area (Å²) < 4.78 is 5.36. The van der Waals surface area contributed by atoms with Crippen LogP contribution in [0.25, 0.3) is 11.1 Å². The first-order valence-corrected chi connectivity index (χ1v) is 6.45. The van der Waals surface area contributed by atoms with E-state index < -0.39 is 0 Å². The van der Waals surface area contributed by atoms with E-state index in [-0.39, 0.29) is 25.7 Å². The van der Waals surface area contributed by atoms with E-state index in [4.69, 9.17) is 9.84 Å². The maximum atomic E-state index is 11.3. The van der Waals surface area contributed by atoms with Crippen molar-refractivity contribution >= 4 is 5.91 Å². The summed E-state index contributed by atoms with van der Waals surface area (Å²) in [4.78, 5) is 11.3. The maximum Gasteiger partial charge on any atom is 0.258 e. The Bertz CT molecular complexity index is 537. The van der Waals surface area contributed by atoms with Crippen molar-refractivity contribution in [2.24, 2.45) is 0 Å². The summed E-state index contributed by atoms with van der Waals surface area (Å²) >= 11 is 0. The van der Waals surface area contributed by atoms with Crippen molar-refractivity contribution in [2.45, 2.75) is 0 Å². The third kappa shape index (κ3) is 4.10. The molecule has 1 amide bonds. The molecule has 4 heteroatoms. The van der Waals surface area contributed by atoms with Crippen molar-refractivity contribution < 1.29 is 14.6 Å². The molecule has 0 aliphatic heterocycles. The monoisotopic (exact) mass is 271 g/mol. The Morgan fingerprint density at radius 2 is 1.65 bits per heavy atom. The van der Waals surface area contributed by atoms with Gasteiger partial charge in [0.25, 0.3) is 5.91 Å². The summed E-state index contributed by atoms with van der Waals surface area (Å²) in [5.41, 5.74) is 2.24. The lowest BCUT2D eigenvalue weighted by Crippen LogP contribution is -2.31. The van der Waals surface area contributed by atoms with Gasteiger partial charge in [-0.25, -0.2) is 0 Å². The topological polar surface area (TPSA) is 58.6 Å². The SMILES string of the molecule is O=C(COc1ccc(-c2ccccc2)cc1)NCCO. The minimum absolute atomic E-state index is 0.0509. The molecule has 0 saturated carbocycles. The molecule has 0 fully saturated rings. The van der Waals surface area contributed by atoms with Crippen molar-refractivity contribution in [3.8, 4) is 16.9 Å². The van der Waals surface area contributed by atoms with Crippen LogP contribution in [-0.2, 0) is 4.79 Å². The summed E-state index contributed by atoms with van der Waals surface area (Å²) in [6.07, 6.45) is 0. The zero-order chi connectivity index (χ0) is 14.2. The van der Waals surface area contributed by atoms with Crippen LogP contribution >= 0.6 is 0 Å². The Kier molecular flexibility index (Phi) is 5.15. The third-order valence-electron chi connectivity index (χ3n) is 2.77. The molecule has 0 heterocycles. The first-order valence-electron chi connectivity index (χ1n) is 6.45. The average Bonchev–Trinajstić information content (AvgIpc) is 2.52. The Morgan fingerprint density at radius 3 is 2.30 bits per heavy atom. The third-order valence-corrected chi connectivity index (χ3v) is 2.77. The van der Waals surface area contributed by atoms with Gasteiger partial charge in [-0.1, -0.05) is 42.5 Å². The van der Waals surface area contributed by atoms with Gasteiger partial charge in [0.05, 0.1) is 6.61 Å². The van der Waals surface area contributed by atoms with E-state index in [0.717, 1.165) is 11.1 Å². The van der Waals surface area contributed by atoms with Gasteiger partial charge in [-0.05, 0) is 23.3 Å². The van der Waals surface area contributed by atoms with Crippen LogP contribution in [0.3, 0.4) is 0 Å². The largest absolute Gasteiger partial charge is 0.484 e. The fourth-order valence-electron chi connectivity index (χ4n) is 1.77. The van der Waals surface area contributed by atoms with Crippen molar-refractivity contribution in [1.82, 2.24) is 5.32 Å². The van der Waals surface area contributed by atoms with E-state index in [9.17, 15) is 4.79 Å². The molecule has 0 aliphatic rings. The first-order chi connectivity index (χ1) is 9.79. The number of aliphatic hydroxyl groups excluding tert-OH is 1. The average molecular weight is 271 g/mol. The molecule has 0 aliphatic carbocycles. The Labute approximate surface area is 118 Å². The predicted molar refractivity (Wildman–Crippen MR) is 77.5 cm³/mol. The Morgan fingerprint density at radius 1 is 1.00 bits per heavy atom. The van der Waals surface area contributed by atoms with Crippen LogP contribution in [0.4, 0.5) is 0 Å². The van der Waals surface area contributed by atoms with Crippen molar-refractivity contribution in [3.05, 3.63) is 54.6 Å². The van der Waals surface area contributed by atoms with E-state index in [1.165, 1.54) is 0 Å². The second-order valence-electron chi connectivity index (χ2n) is 4.25. The van der Waals surface area contributed by atoms with Crippen molar-refractivity contribution in [1.29, 1.82) is 0 Å². The number of benzene rings is 2. The number of carbonyl (C=O) groups excluding carboxylic acids is 1. The first kappa shape index (κ1) is 14.1. The summed E-state index contributed by atoms with van der Waals surface area (Å²) in [6.45, 7) is 0.122. The minimum atomic E-state index is -0.244. The van der Waals surface area contributed by atoms with Gasteiger partial charge >= 0.3 is 0 Å². The molecule has 20 heavy (non-hydrogen) atoms. The molecule has 0 bridgehead atoms. The molecule has 2 aromatic rings. The number of aliphatic hydroxyl groups is 1. The molecular formula is C16H17NO3. The summed E-state index contributed by atoms with van der Waals surface area (Å²) in [5, 5.41) is 11.1. The van der Waals surface area contributed by atoms with Gasteiger partial charge in [-0.3, -0.25) is 4.79 Å². The van der Waals surface area contributed by atoms with Gasteiger partial charge in [0, 0.05) is 6.54 Å². The number of amides is 1. The predicted octanol–water partition coefficient (Wildman–Crippen LogP) is 1.84. The van der Waals surface area contributed by atoms with Crippen LogP contribution in [0.5, 0.6) is 5.75 Å². The highest BCUT2D eigenvalue weighted by Crippen LogP contribution is 2.21. The van der Waals surface area contributed by atoms with E-state index in [2.05, 4.69) is 5.32 Å². The lowest BCUT2D eigenvalue weighted by atomic mass is 10.1. The van der Waals surface area contributed by atoms with Crippen LogP contribution in [0.2, 0.25) is 0 Å². The van der Waals surface area contributed by atoms with Crippen molar-refractivity contribution in [2.75, 3.05) is 19.8 Å². The number of hydrogen-bond acceptors (Lipinski definition) is 3. The van der Waals surface area contributed by atoms with E-state index in [1.54, 1.807) is 0 Å². The molecule has 2 N–H and O–H groups in total. The molecule has 0 saturated heterocycles. The normalized spacial score (nSPS) is 10.1. The Hall–Kier alpha value is -2.33. The number of carbonyl (C=O) groups is 1. The van der Waals surface area contributed by atoms with Gasteiger partial charge in [-0.2, -0.15) is 0 Å². The minimum Gasteiger partial charge on any atom is -0.484 e. The molecular weight excluding hydrogens is 254 g/mol. The quantitative estimate of drug-likeness (QED) is 0.843. The summed E-state index contributed by atoms with van der Waals surface area (Å²) in [5.74, 6) is 0.398. The van der Waals surface area contributed by atoms with Gasteiger partial charge < -0.3 is 15.2 Å². The smallest absolute Gasteiger partial charge is 0.258 e. The molecule has 104 valence electrons. The van der Waals surface area contributed by atoms with Crippen LogP contribution in [0.1, 0.15) is 0 Å². The molecule has 0 unspecified atom stereocenters. The molecule has 0 radical (unpaired) electrons.